The first-order valence-corrected chi connectivity index (χ1v) is 12.2. The molecule has 3 amide bonds. The molecule has 0 aliphatic carbocycles. The molecule has 3 rings (SSSR count). The number of aromatic nitrogens is 1. The van der Waals surface area contributed by atoms with Crippen molar-refractivity contribution in [1.29, 1.82) is 0 Å². The van der Waals surface area contributed by atoms with Gasteiger partial charge in [-0.3, -0.25) is 14.4 Å². The Bertz CT molecular complexity index is 1120. The van der Waals surface area contributed by atoms with Crippen molar-refractivity contribution >= 4 is 63.6 Å². The van der Waals surface area contributed by atoms with Gasteiger partial charge in [-0.05, 0) is 37.7 Å². The lowest BCUT2D eigenvalue weighted by molar-refractivity contribution is -0.130. The van der Waals surface area contributed by atoms with Crippen LogP contribution in [0.1, 0.15) is 25.9 Å². The number of carbonyl (C=O) groups is 3. The number of nitrogens with one attached hydrogen (secondary N) is 3. The van der Waals surface area contributed by atoms with Crippen molar-refractivity contribution in [1.82, 2.24) is 25.4 Å². The minimum absolute atomic E-state index is 0.0531. The van der Waals surface area contributed by atoms with Crippen LogP contribution in [0.2, 0.25) is 5.02 Å². The van der Waals surface area contributed by atoms with Gasteiger partial charge in [0.1, 0.15) is 6.04 Å². The largest absolute Gasteiger partial charge is 0.369 e. The van der Waals surface area contributed by atoms with Crippen molar-refractivity contribution in [3.05, 3.63) is 44.4 Å². The van der Waals surface area contributed by atoms with E-state index in [1.54, 1.807) is 32.3 Å². The molecule has 12 heteroatoms. The van der Waals surface area contributed by atoms with E-state index in [0.717, 1.165) is 35.6 Å². The van der Waals surface area contributed by atoms with E-state index >= 15 is 0 Å². The summed E-state index contributed by atoms with van der Waals surface area (Å²) < 4.78 is 0. The standard InChI is InChI=1S/C22H27ClN6O3S2/c1-12-9-13(5-6-14(12)23)25-18(30)20(33)24-10-16(22(32)28(2)3)26-19(31)21-27-15-7-8-29(4)11-17(15)34-21/h5-6,9,16H,7-8,10-11H2,1-4H3,(H,24,33)(H,25,30)(H,26,31). The lowest BCUT2D eigenvalue weighted by atomic mass is 10.2. The Morgan fingerprint density at radius 3 is 2.74 bits per heavy atom. The minimum Gasteiger partial charge on any atom is -0.369 e. The van der Waals surface area contributed by atoms with E-state index in [0.29, 0.717) is 15.7 Å². The van der Waals surface area contributed by atoms with E-state index in [-0.39, 0.29) is 17.4 Å². The van der Waals surface area contributed by atoms with Gasteiger partial charge in [-0.15, -0.1) is 11.3 Å². The van der Waals surface area contributed by atoms with Crippen molar-refractivity contribution in [3.63, 3.8) is 0 Å². The third kappa shape index (κ3) is 6.50. The monoisotopic (exact) mass is 522 g/mol. The quantitative estimate of drug-likeness (QED) is 0.497. The average Bonchev–Trinajstić information content (AvgIpc) is 3.21. The third-order valence-corrected chi connectivity index (χ3v) is 7.08. The highest BCUT2D eigenvalue weighted by Gasteiger charge is 2.27. The summed E-state index contributed by atoms with van der Waals surface area (Å²) in [5.74, 6) is -1.30. The van der Waals surface area contributed by atoms with Crippen LogP contribution in [0.15, 0.2) is 18.2 Å². The highest BCUT2D eigenvalue weighted by Crippen LogP contribution is 2.24. The number of halogens is 1. The average molecular weight is 523 g/mol. The van der Waals surface area contributed by atoms with Crippen LogP contribution in [0.4, 0.5) is 5.69 Å². The summed E-state index contributed by atoms with van der Waals surface area (Å²) >= 11 is 12.5. The summed E-state index contributed by atoms with van der Waals surface area (Å²) in [6.07, 6.45) is 0.785. The van der Waals surface area contributed by atoms with Gasteiger partial charge in [-0.25, -0.2) is 4.98 Å². The van der Waals surface area contributed by atoms with Gasteiger partial charge in [0, 0.05) is 55.7 Å². The number of rotatable bonds is 6. The zero-order valence-electron chi connectivity index (χ0n) is 19.4. The number of hydrogen-bond acceptors (Lipinski definition) is 7. The molecule has 1 aromatic heterocycles. The maximum Gasteiger partial charge on any atom is 0.283 e. The van der Waals surface area contributed by atoms with Crippen molar-refractivity contribution in [2.24, 2.45) is 0 Å². The number of anilines is 1. The van der Waals surface area contributed by atoms with Gasteiger partial charge in [-0.2, -0.15) is 0 Å². The second-order valence-electron chi connectivity index (χ2n) is 8.26. The molecule has 1 atom stereocenters. The van der Waals surface area contributed by atoms with Crippen molar-refractivity contribution < 1.29 is 14.4 Å². The first kappa shape index (κ1) is 26.0. The molecule has 0 fully saturated rings. The van der Waals surface area contributed by atoms with E-state index in [2.05, 4.69) is 25.8 Å². The van der Waals surface area contributed by atoms with E-state index < -0.39 is 17.9 Å². The number of thiazole rings is 1. The normalized spacial score (nSPS) is 14.0. The van der Waals surface area contributed by atoms with Gasteiger partial charge in [0.25, 0.3) is 11.8 Å². The number of thiocarbonyl (C=S) groups is 1. The van der Waals surface area contributed by atoms with Crippen molar-refractivity contribution in [3.8, 4) is 0 Å². The molecular formula is C22H27ClN6O3S2. The molecule has 2 aromatic rings. The number of hydrogen-bond donors (Lipinski definition) is 3. The zero-order chi connectivity index (χ0) is 25.0. The fourth-order valence-electron chi connectivity index (χ4n) is 3.34. The third-order valence-electron chi connectivity index (χ3n) is 5.25. The number of benzene rings is 1. The minimum atomic E-state index is -0.936. The first-order chi connectivity index (χ1) is 16.0. The maximum absolute atomic E-state index is 12.9. The van der Waals surface area contributed by atoms with Crippen LogP contribution in [0.25, 0.3) is 0 Å². The van der Waals surface area contributed by atoms with Crippen molar-refractivity contribution in [2.45, 2.75) is 25.9 Å². The van der Waals surface area contributed by atoms with Crippen LogP contribution >= 0.6 is 35.2 Å². The smallest absolute Gasteiger partial charge is 0.283 e. The van der Waals surface area contributed by atoms with Gasteiger partial charge in [0.05, 0.1) is 5.69 Å². The zero-order valence-corrected chi connectivity index (χ0v) is 21.8. The molecule has 182 valence electrons. The molecule has 1 unspecified atom stereocenters. The Morgan fingerprint density at radius 2 is 2.06 bits per heavy atom. The van der Waals surface area contributed by atoms with Gasteiger partial charge in [0.2, 0.25) is 5.91 Å². The van der Waals surface area contributed by atoms with E-state index in [9.17, 15) is 14.4 Å². The lowest BCUT2D eigenvalue weighted by Crippen LogP contribution is -2.53. The molecule has 0 saturated heterocycles. The second-order valence-corrected chi connectivity index (χ2v) is 10.2. The van der Waals surface area contributed by atoms with Gasteiger partial charge in [-0.1, -0.05) is 23.8 Å². The molecule has 1 aliphatic rings. The lowest BCUT2D eigenvalue weighted by Gasteiger charge is -2.22. The molecule has 3 N–H and O–H groups in total. The molecule has 9 nitrogen and oxygen atoms in total. The van der Waals surface area contributed by atoms with Gasteiger partial charge < -0.3 is 25.8 Å². The highest BCUT2D eigenvalue weighted by atomic mass is 35.5. The summed E-state index contributed by atoms with van der Waals surface area (Å²) in [5.41, 5.74) is 2.29. The van der Waals surface area contributed by atoms with Crippen LogP contribution in [0.5, 0.6) is 0 Å². The molecular weight excluding hydrogens is 496 g/mol. The summed E-state index contributed by atoms with van der Waals surface area (Å²) in [5, 5.41) is 9.10. The molecule has 0 spiro atoms. The highest BCUT2D eigenvalue weighted by molar-refractivity contribution is 7.82. The number of fused-ring (bicyclic) bond motifs is 1. The molecule has 0 radical (unpaired) electrons. The number of amides is 3. The van der Waals surface area contributed by atoms with Crippen LogP contribution in [0.3, 0.4) is 0 Å². The molecule has 2 heterocycles. The van der Waals surface area contributed by atoms with Crippen molar-refractivity contribution in [2.75, 3.05) is 39.5 Å². The Balaban J connectivity index is 1.62. The van der Waals surface area contributed by atoms with E-state index in [1.165, 1.54) is 16.2 Å². The van der Waals surface area contributed by atoms with Gasteiger partial charge >= 0.3 is 0 Å². The Hall–Kier alpha value is -2.60. The molecule has 0 saturated carbocycles. The van der Waals surface area contributed by atoms with Gasteiger partial charge in [0.15, 0.2) is 10.00 Å². The summed E-state index contributed by atoms with van der Waals surface area (Å²) in [6.45, 7) is 3.41. The predicted molar refractivity (Wildman–Crippen MR) is 138 cm³/mol. The van der Waals surface area contributed by atoms with Crippen LogP contribution < -0.4 is 16.0 Å². The molecule has 34 heavy (non-hydrogen) atoms. The second kappa shape index (κ2) is 11.2. The summed E-state index contributed by atoms with van der Waals surface area (Å²) in [4.78, 5) is 47.0. The summed E-state index contributed by atoms with van der Waals surface area (Å²) in [7, 11) is 5.20. The summed E-state index contributed by atoms with van der Waals surface area (Å²) in [6, 6.07) is 4.14. The molecule has 1 aliphatic heterocycles. The fraction of sp³-hybridized carbons (Fsp3) is 0.409. The molecule has 1 aromatic carbocycles. The number of nitrogens with zero attached hydrogens (tertiary/aromatic N) is 3. The number of carbonyl (C=O) groups excluding carboxylic acids is 3. The Labute approximate surface area is 212 Å². The number of likely N-dealkylation sites (N-methyl/N-ethyl adjacent to an activating group) is 2. The predicted octanol–water partition coefficient (Wildman–Crippen LogP) is 1.84. The first-order valence-electron chi connectivity index (χ1n) is 10.6. The number of aryl methyl sites for hydroxylation is 1. The fourth-order valence-corrected chi connectivity index (χ4v) is 4.68. The SMILES string of the molecule is Cc1cc(NC(=O)C(=S)NCC(NC(=O)c2nc3c(s2)CN(C)CC3)C(=O)N(C)C)ccc1Cl. The van der Waals surface area contributed by atoms with E-state index in [4.69, 9.17) is 23.8 Å². The Morgan fingerprint density at radius 1 is 1.32 bits per heavy atom. The van der Waals surface area contributed by atoms with E-state index in [1.807, 2.05) is 14.0 Å². The van der Waals surface area contributed by atoms with Crippen LogP contribution in [-0.4, -0.2) is 77.8 Å². The Kier molecular flexibility index (Phi) is 8.58. The topological polar surface area (TPSA) is 107 Å². The molecule has 0 bridgehead atoms. The maximum atomic E-state index is 12.9. The van der Waals surface area contributed by atoms with Crippen LogP contribution in [-0.2, 0) is 22.6 Å². The van der Waals surface area contributed by atoms with Crippen LogP contribution in [0, 0.1) is 6.92 Å².